The van der Waals surface area contributed by atoms with Crippen LogP contribution < -0.4 is 20.9 Å². The summed E-state index contributed by atoms with van der Waals surface area (Å²) in [7, 11) is 0. The number of ether oxygens (including phenoxy) is 2. The van der Waals surface area contributed by atoms with Crippen molar-refractivity contribution in [1.29, 1.82) is 0 Å². The van der Waals surface area contributed by atoms with Gasteiger partial charge in [0.25, 0.3) is 5.91 Å². The topological polar surface area (TPSA) is 106 Å². The van der Waals surface area contributed by atoms with Crippen molar-refractivity contribution >= 4 is 35.1 Å². The van der Waals surface area contributed by atoms with Gasteiger partial charge in [0.2, 0.25) is 5.91 Å². The monoisotopic (exact) mass is 423 g/mol. The quantitative estimate of drug-likeness (QED) is 0.302. The van der Waals surface area contributed by atoms with Crippen LogP contribution in [0.5, 0.6) is 5.75 Å². The van der Waals surface area contributed by atoms with Crippen LogP contribution in [-0.4, -0.2) is 36.1 Å². The van der Waals surface area contributed by atoms with Gasteiger partial charge in [-0.05, 0) is 55.2 Å². The van der Waals surface area contributed by atoms with E-state index in [9.17, 15) is 14.4 Å². The summed E-state index contributed by atoms with van der Waals surface area (Å²) < 4.78 is 10.5. The van der Waals surface area contributed by atoms with Crippen LogP contribution in [0.2, 0.25) is 0 Å². The van der Waals surface area contributed by atoms with Gasteiger partial charge in [-0.15, -0.1) is 0 Å². The SMILES string of the molecule is CCCOC(=O)CCC(=O)NC(=S)NNC(=O)c1ccc(OCCC(C)C)cc1. The van der Waals surface area contributed by atoms with E-state index in [0.29, 0.717) is 30.4 Å². The smallest absolute Gasteiger partial charge is 0.306 e. The fourth-order valence-corrected chi connectivity index (χ4v) is 2.19. The minimum Gasteiger partial charge on any atom is -0.494 e. The van der Waals surface area contributed by atoms with E-state index >= 15 is 0 Å². The molecule has 0 saturated heterocycles. The molecule has 0 radical (unpaired) electrons. The molecule has 0 unspecified atom stereocenters. The zero-order valence-electron chi connectivity index (χ0n) is 17.1. The molecule has 0 aliphatic heterocycles. The van der Waals surface area contributed by atoms with Crippen molar-refractivity contribution in [3.05, 3.63) is 29.8 Å². The Morgan fingerprint density at radius 3 is 2.34 bits per heavy atom. The van der Waals surface area contributed by atoms with Crippen molar-refractivity contribution in [2.75, 3.05) is 13.2 Å². The first-order valence-electron chi connectivity index (χ1n) is 9.60. The fourth-order valence-electron chi connectivity index (χ4n) is 2.02. The Morgan fingerprint density at radius 2 is 1.72 bits per heavy atom. The van der Waals surface area contributed by atoms with E-state index < -0.39 is 17.8 Å². The third-order valence-corrected chi connectivity index (χ3v) is 3.85. The van der Waals surface area contributed by atoms with Gasteiger partial charge in [-0.25, -0.2) is 0 Å². The highest BCUT2D eigenvalue weighted by Crippen LogP contribution is 2.13. The zero-order valence-corrected chi connectivity index (χ0v) is 17.9. The first-order chi connectivity index (χ1) is 13.8. The van der Waals surface area contributed by atoms with Crippen molar-refractivity contribution < 1.29 is 23.9 Å². The molecule has 0 bridgehead atoms. The number of carbonyl (C=O) groups excluding carboxylic acids is 3. The van der Waals surface area contributed by atoms with Crippen molar-refractivity contribution in [1.82, 2.24) is 16.2 Å². The maximum absolute atomic E-state index is 12.1. The van der Waals surface area contributed by atoms with Crippen LogP contribution in [0.1, 0.15) is 56.8 Å². The van der Waals surface area contributed by atoms with Crippen molar-refractivity contribution in [2.24, 2.45) is 5.92 Å². The minimum atomic E-state index is -0.451. The lowest BCUT2D eigenvalue weighted by Gasteiger charge is -2.11. The minimum absolute atomic E-state index is 0.0353. The van der Waals surface area contributed by atoms with Crippen LogP contribution in [0.25, 0.3) is 0 Å². The second-order valence-corrected chi connectivity index (χ2v) is 7.14. The first-order valence-corrected chi connectivity index (χ1v) is 10.0. The second kappa shape index (κ2) is 13.5. The molecule has 0 aromatic heterocycles. The molecule has 0 heterocycles. The third-order valence-electron chi connectivity index (χ3n) is 3.65. The van der Waals surface area contributed by atoms with Gasteiger partial charge in [0, 0.05) is 12.0 Å². The van der Waals surface area contributed by atoms with Crippen molar-refractivity contribution in [3.63, 3.8) is 0 Å². The van der Waals surface area contributed by atoms with E-state index in [-0.39, 0.29) is 18.0 Å². The Bertz CT molecular complexity index is 692. The summed E-state index contributed by atoms with van der Waals surface area (Å²) in [6.45, 7) is 7.08. The molecule has 9 heteroatoms. The predicted octanol–water partition coefficient (Wildman–Crippen LogP) is 2.48. The van der Waals surface area contributed by atoms with Crippen molar-refractivity contribution in [3.8, 4) is 5.75 Å². The molecule has 160 valence electrons. The molecule has 0 fully saturated rings. The van der Waals surface area contributed by atoms with Gasteiger partial charge >= 0.3 is 5.97 Å². The molecule has 0 aliphatic rings. The Hall–Kier alpha value is -2.68. The molecule has 8 nitrogen and oxygen atoms in total. The predicted molar refractivity (Wildman–Crippen MR) is 113 cm³/mol. The maximum Gasteiger partial charge on any atom is 0.306 e. The fraction of sp³-hybridized carbons (Fsp3) is 0.500. The lowest BCUT2D eigenvalue weighted by atomic mass is 10.1. The average molecular weight is 424 g/mol. The number of hydrazine groups is 1. The van der Waals surface area contributed by atoms with Gasteiger partial charge in [-0.1, -0.05) is 20.8 Å². The summed E-state index contributed by atoms with van der Waals surface area (Å²) in [5, 5.41) is 2.31. The molecule has 2 amide bonds. The Morgan fingerprint density at radius 1 is 1.03 bits per heavy atom. The molecule has 1 rings (SSSR count). The summed E-state index contributed by atoms with van der Waals surface area (Å²) in [5.74, 6) is -0.0573. The summed E-state index contributed by atoms with van der Waals surface area (Å²) in [4.78, 5) is 35.2. The number of rotatable bonds is 10. The van der Waals surface area contributed by atoms with E-state index in [1.165, 1.54) is 0 Å². The Kier molecular flexibility index (Phi) is 11.3. The number of amides is 2. The van der Waals surface area contributed by atoms with Crippen LogP contribution >= 0.6 is 12.2 Å². The van der Waals surface area contributed by atoms with Gasteiger partial charge in [0.05, 0.1) is 19.6 Å². The lowest BCUT2D eigenvalue weighted by Crippen LogP contribution is -2.48. The molecule has 0 atom stereocenters. The van der Waals surface area contributed by atoms with Gasteiger partial charge < -0.3 is 14.8 Å². The van der Waals surface area contributed by atoms with Crippen LogP contribution in [0.4, 0.5) is 0 Å². The number of carbonyl (C=O) groups is 3. The third kappa shape index (κ3) is 11.0. The largest absolute Gasteiger partial charge is 0.494 e. The van der Waals surface area contributed by atoms with E-state index in [1.54, 1.807) is 24.3 Å². The molecule has 0 aliphatic carbocycles. The number of nitrogens with one attached hydrogen (secondary N) is 3. The summed E-state index contributed by atoms with van der Waals surface area (Å²) in [5.41, 5.74) is 5.25. The van der Waals surface area contributed by atoms with Gasteiger partial charge in [-0.3, -0.25) is 25.2 Å². The molecule has 29 heavy (non-hydrogen) atoms. The number of hydrogen-bond donors (Lipinski definition) is 3. The van der Waals surface area contributed by atoms with Crippen LogP contribution in [0.3, 0.4) is 0 Å². The van der Waals surface area contributed by atoms with E-state index in [4.69, 9.17) is 21.7 Å². The summed E-state index contributed by atoms with van der Waals surface area (Å²) in [6.07, 6.45) is 1.58. The van der Waals surface area contributed by atoms with Crippen LogP contribution in [-0.2, 0) is 14.3 Å². The zero-order chi connectivity index (χ0) is 21.6. The highest BCUT2D eigenvalue weighted by molar-refractivity contribution is 7.80. The molecule has 1 aromatic rings. The van der Waals surface area contributed by atoms with Crippen LogP contribution in [0.15, 0.2) is 24.3 Å². The lowest BCUT2D eigenvalue weighted by molar-refractivity contribution is -0.144. The molecule has 0 spiro atoms. The molecule has 1 aromatic carbocycles. The maximum atomic E-state index is 12.1. The van der Waals surface area contributed by atoms with E-state index in [2.05, 4.69) is 30.0 Å². The summed E-state index contributed by atoms with van der Waals surface area (Å²) in [6, 6.07) is 6.69. The van der Waals surface area contributed by atoms with Crippen LogP contribution in [0, 0.1) is 5.92 Å². The number of hydrogen-bond acceptors (Lipinski definition) is 6. The normalized spacial score (nSPS) is 10.2. The Labute approximate surface area is 176 Å². The van der Waals surface area contributed by atoms with Gasteiger partial charge in [-0.2, -0.15) is 0 Å². The van der Waals surface area contributed by atoms with E-state index in [0.717, 1.165) is 12.8 Å². The van der Waals surface area contributed by atoms with Gasteiger partial charge in [0.15, 0.2) is 5.11 Å². The molecule has 3 N–H and O–H groups in total. The number of esters is 1. The van der Waals surface area contributed by atoms with Crippen molar-refractivity contribution in [2.45, 2.75) is 46.5 Å². The van der Waals surface area contributed by atoms with E-state index in [1.807, 2.05) is 6.92 Å². The highest BCUT2D eigenvalue weighted by atomic mass is 32.1. The molecular formula is C20H29N3O5S. The highest BCUT2D eigenvalue weighted by Gasteiger charge is 2.11. The van der Waals surface area contributed by atoms with Gasteiger partial charge in [0.1, 0.15) is 5.75 Å². The molecule has 0 saturated carbocycles. The summed E-state index contributed by atoms with van der Waals surface area (Å²) >= 11 is 4.94. The Balaban J connectivity index is 2.31. The first kappa shape index (κ1) is 24.4. The number of benzene rings is 1. The average Bonchev–Trinajstić information content (AvgIpc) is 2.69. The second-order valence-electron chi connectivity index (χ2n) is 6.73. The standard InChI is InChI=1S/C20H29N3O5S/c1-4-12-28-18(25)10-9-17(24)21-20(29)23-22-19(26)15-5-7-16(8-6-15)27-13-11-14(2)3/h5-8,14H,4,9-13H2,1-3H3,(H,22,26)(H2,21,23,24,29). The number of thiocarbonyl (C=S) groups is 1. The molecular weight excluding hydrogens is 394 g/mol.